The van der Waals surface area contributed by atoms with E-state index in [4.69, 9.17) is 4.74 Å². The summed E-state index contributed by atoms with van der Waals surface area (Å²) in [6.07, 6.45) is 8.81. The van der Waals surface area contributed by atoms with Crippen molar-refractivity contribution < 1.29 is 14.3 Å². The van der Waals surface area contributed by atoms with Gasteiger partial charge < -0.3 is 9.72 Å². The number of aromatic amines is 1. The lowest BCUT2D eigenvalue weighted by Gasteiger charge is -2.24. The molecule has 0 radical (unpaired) electrons. The largest absolute Gasteiger partial charge is 0.467 e. The maximum Gasteiger partial charge on any atom is 0.330 e. The summed E-state index contributed by atoms with van der Waals surface area (Å²) in [6, 6.07) is 3.85. The predicted molar refractivity (Wildman–Crippen MR) is 113 cm³/mol. The molecule has 1 aromatic carbocycles. The van der Waals surface area contributed by atoms with Crippen LogP contribution >= 0.6 is 0 Å². The van der Waals surface area contributed by atoms with Gasteiger partial charge in [-0.1, -0.05) is 30.9 Å². The van der Waals surface area contributed by atoms with Crippen LogP contribution in [0.2, 0.25) is 0 Å². The molecule has 1 saturated heterocycles. The van der Waals surface area contributed by atoms with Crippen molar-refractivity contribution >= 4 is 34.6 Å². The number of nitrogens with zero attached hydrogens (tertiary/aromatic N) is 3. The van der Waals surface area contributed by atoms with E-state index in [0.717, 1.165) is 16.6 Å². The molecule has 2 aromatic rings. The quantitative estimate of drug-likeness (QED) is 0.582. The summed E-state index contributed by atoms with van der Waals surface area (Å²) in [5.41, 5.74) is 3.07. The molecule has 0 bridgehead atoms. The van der Waals surface area contributed by atoms with Gasteiger partial charge in [-0.05, 0) is 37.6 Å². The minimum atomic E-state index is -0.761. The van der Waals surface area contributed by atoms with Crippen LogP contribution in [0.5, 0.6) is 0 Å². The van der Waals surface area contributed by atoms with E-state index in [1.165, 1.54) is 7.11 Å². The molecule has 1 aromatic heterocycles. The number of H-pyrrole nitrogens is 1. The summed E-state index contributed by atoms with van der Waals surface area (Å²) < 4.78 is 4.76. The number of ether oxygens (including phenoxy) is 1. The smallest absolute Gasteiger partial charge is 0.330 e. The van der Waals surface area contributed by atoms with Gasteiger partial charge in [0.1, 0.15) is 17.9 Å². The summed E-state index contributed by atoms with van der Waals surface area (Å²) in [4.78, 5) is 38.1. The Balaban J connectivity index is 2.13. The Labute approximate surface area is 168 Å². The number of rotatable bonds is 6. The monoisotopic (exact) mass is 393 g/mol. The van der Waals surface area contributed by atoms with Crippen LogP contribution in [0.25, 0.3) is 11.0 Å². The number of carbonyl (C=O) groups excluding carboxylic acids is 2. The first-order chi connectivity index (χ1) is 14.0. The van der Waals surface area contributed by atoms with Crippen LogP contribution in [-0.2, 0) is 9.53 Å². The Morgan fingerprint density at radius 2 is 2.24 bits per heavy atom. The van der Waals surface area contributed by atoms with Crippen LogP contribution in [0.15, 0.2) is 66.0 Å². The number of amidine groups is 1. The molecule has 2 unspecified atom stereocenters. The second-order valence-corrected chi connectivity index (χ2v) is 6.42. The molecule has 29 heavy (non-hydrogen) atoms. The topological polar surface area (TPSA) is 99.7 Å². The van der Waals surface area contributed by atoms with Gasteiger partial charge in [-0.2, -0.15) is 0 Å². The normalized spacial score (nSPS) is 19.8. The molecule has 0 saturated carbocycles. The van der Waals surface area contributed by atoms with Crippen LogP contribution in [0.1, 0.15) is 13.8 Å². The number of amides is 2. The first-order valence-corrected chi connectivity index (χ1v) is 9.14. The highest BCUT2D eigenvalue weighted by molar-refractivity contribution is 6.18. The Morgan fingerprint density at radius 3 is 2.93 bits per heavy atom. The highest BCUT2D eigenvalue weighted by Gasteiger charge is 2.40. The third kappa shape index (κ3) is 3.96. The van der Waals surface area contributed by atoms with E-state index in [9.17, 15) is 9.59 Å². The third-order valence-electron chi connectivity index (χ3n) is 4.51. The maximum absolute atomic E-state index is 12.9. The number of anilines is 1. The highest BCUT2D eigenvalue weighted by Crippen LogP contribution is 2.29. The number of carbonyl (C=O) groups is 2. The van der Waals surface area contributed by atoms with Crippen LogP contribution < -0.4 is 10.2 Å². The molecule has 1 aliphatic rings. The summed E-state index contributed by atoms with van der Waals surface area (Å²) >= 11 is 0. The van der Waals surface area contributed by atoms with E-state index in [2.05, 4.69) is 26.9 Å². The standard InChI is InChI=1S/C21H23N5O3/c1-5-7-14(8-6-2)18-19(24-13(3)20(27)29-4)25-21(28)26(18)15-9-10-16-17(11-15)23-12-22-16/h5-13,18H,1H2,2-4H3,(H,22,23)(H,24,25,28)/b8-6-,14-7+. The van der Waals surface area contributed by atoms with Gasteiger partial charge in [-0.3, -0.25) is 15.2 Å². The average Bonchev–Trinajstić information content (AvgIpc) is 3.30. The predicted octanol–water partition coefficient (Wildman–Crippen LogP) is 3.11. The van der Waals surface area contributed by atoms with Crippen LogP contribution in [0, 0.1) is 0 Å². The number of imidazole rings is 1. The van der Waals surface area contributed by atoms with Crippen molar-refractivity contribution in [1.29, 1.82) is 0 Å². The summed E-state index contributed by atoms with van der Waals surface area (Å²) in [5.74, 6) is -0.119. The zero-order valence-electron chi connectivity index (χ0n) is 16.5. The van der Waals surface area contributed by atoms with E-state index in [1.54, 1.807) is 24.2 Å². The van der Waals surface area contributed by atoms with Gasteiger partial charge in [0.25, 0.3) is 0 Å². The maximum atomic E-state index is 12.9. The first-order valence-electron chi connectivity index (χ1n) is 9.14. The van der Waals surface area contributed by atoms with E-state index in [-0.39, 0.29) is 6.03 Å². The van der Waals surface area contributed by atoms with Crippen molar-refractivity contribution in [3.05, 3.63) is 61.0 Å². The summed E-state index contributed by atoms with van der Waals surface area (Å²) in [6.45, 7) is 7.27. The fraction of sp³-hybridized carbons (Fsp3) is 0.238. The molecule has 0 spiro atoms. The van der Waals surface area contributed by atoms with Crippen molar-refractivity contribution in [2.45, 2.75) is 25.9 Å². The number of hydrogen-bond donors (Lipinski definition) is 2. The zero-order valence-corrected chi connectivity index (χ0v) is 16.5. The number of nitrogens with one attached hydrogen (secondary N) is 2. The molecule has 8 nitrogen and oxygen atoms in total. The third-order valence-corrected chi connectivity index (χ3v) is 4.51. The molecule has 2 amide bonds. The van der Waals surface area contributed by atoms with Crippen LogP contribution in [-0.4, -0.2) is 47.0 Å². The molecule has 8 heteroatoms. The zero-order chi connectivity index (χ0) is 21.0. The lowest BCUT2D eigenvalue weighted by molar-refractivity contribution is -0.141. The number of aromatic nitrogens is 2. The number of benzene rings is 1. The van der Waals surface area contributed by atoms with Gasteiger partial charge in [-0.25, -0.2) is 14.6 Å². The SMILES string of the molecule is C=C/C=C(\C=C/C)C1C(=NC(C)C(=O)OC)NC(=O)N1c1ccc2nc[nH]c2c1. The average molecular weight is 393 g/mol. The van der Waals surface area contributed by atoms with E-state index in [1.807, 2.05) is 43.4 Å². The Morgan fingerprint density at radius 1 is 1.45 bits per heavy atom. The summed E-state index contributed by atoms with van der Waals surface area (Å²) in [5, 5.41) is 2.80. The number of urea groups is 1. The van der Waals surface area contributed by atoms with Crippen molar-refractivity contribution in [2.24, 2.45) is 4.99 Å². The van der Waals surface area contributed by atoms with Crippen molar-refractivity contribution in [3.63, 3.8) is 0 Å². The van der Waals surface area contributed by atoms with Gasteiger partial charge in [0.2, 0.25) is 0 Å². The Hall–Kier alpha value is -3.68. The van der Waals surface area contributed by atoms with E-state index in [0.29, 0.717) is 11.5 Å². The number of esters is 1. The number of aliphatic imine (C=N–C) groups is 1. The van der Waals surface area contributed by atoms with Crippen LogP contribution in [0.3, 0.4) is 0 Å². The molecule has 0 aliphatic carbocycles. The van der Waals surface area contributed by atoms with Crippen molar-refractivity contribution in [1.82, 2.24) is 15.3 Å². The van der Waals surface area contributed by atoms with Gasteiger partial charge in [-0.15, -0.1) is 0 Å². The van der Waals surface area contributed by atoms with Crippen molar-refractivity contribution in [3.8, 4) is 0 Å². The molecule has 2 atom stereocenters. The van der Waals surface area contributed by atoms with Crippen molar-refractivity contribution in [2.75, 3.05) is 12.0 Å². The molecule has 150 valence electrons. The number of fused-ring (bicyclic) bond motifs is 1. The van der Waals surface area contributed by atoms with Crippen LogP contribution in [0.4, 0.5) is 10.5 Å². The van der Waals surface area contributed by atoms with E-state index >= 15 is 0 Å². The van der Waals surface area contributed by atoms with Gasteiger partial charge in [0, 0.05) is 5.69 Å². The Bertz CT molecular complexity index is 1030. The second kappa shape index (κ2) is 8.55. The second-order valence-electron chi connectivity index (χ2n) is 6.42. The first kappa shape index (κ1) is 20.1. The van der Waals surface area contributed by atoms with Gasteiger partial charge in [0.15, 0.2) is 0 Å². The number of methoxy groups -OCH3 is 1. The molecule has 1 aliphatic heterocycles. The minimum absolute atomic E-state index is 0.343. The molecular formula is C21H23N5O3. The number of hydrogen-bond acceptors (Lipinski definition) is 5. The van der Waals surface area contributed by atoms with Gasteiger partial charge >= 0.3 is 12.0 Å². The number of allylic oxidation sites excluding steroid dienone is 3. The highest BCUT2D eigenvalue weighted by atomic mass is 16.5. The Kier molecular flexibility index (Phi) is 5.92. The molecular weight excluding hydrogens is 370 g/mol. The molecule has 1 fully saturated rings. The molecule has 3 rings (SSSR count). The minimum Gasteiger partial charge on any atom is -0.467 e. The lowest BCUT2D eigenvalue weighted by Crippen LogP contribution is -2.37. The molecule has 2 heterocycles. The lowest BCUT2D eigenvalue weighted by atomic mass is 10.0. The fourth-order valence-electron chi connectivity index (χ4n) is 3.23. The fourth-order valence-corrected chi connectivity index (χ4v) is 3.23. The van der Waals surface area contributed by atoms with E-state index < -0.39 is 18.1 Å². The van der Waals surface area contributed by atoms with Gasteiger partial charge in [0.05, 0.1) is 24.5 Å². The molecule has 2 N–H and O–H groups in total. The summed E-state index contributed by atoms with van der Waals surface area (Å²) in [7, 11) is 1.30.